The van der Waals surface area contributed by atoms with Crippen molar-refractivity contribution in [1.29, 1.82) is 0 Å². The normalized spacial score (nSPS) is 13.3. The van der Waals surface area contributed by atoms with E-state index < -0.39 is 0 Å². The van der Waals surface area contributed by atoms with E-state index in [9.17, 15) is 0 Å². The van der Waals surface area contributed by atoms with Gasteiger partial charge in [-0.05, 0) is 81.4 Å². The summed E-state index contributed by atoms with van der Waals surface area (Å²) in [5, 5.41) is 24.3. The molecule has 1 heterocycles. The SMILES string of the molecule is Cc1ccc(N=NC(N=Nc2ccc(C)cc2)=C2[N-][N+](c3ccc(C)cc3)=NN2c2ccc(C)cc2)cc1. The standard InChI is InChI=1S/C30H28N8/c1-21-5-13-25(14-6-21)31-33-29(34-32-26-15-7-22(2)8-16-26)30-35-38(28-19-11-24(4)12-20-28)36-37(30)27-17-9-23(3)10-18-27/h5-20H,1-4H3. The number of benzene rings is 4. The van der Waals surface area contributed by atoms with Gasteiger partial charge in [0.15, 0.2) is 5.69 Å². The molecule has 1 aliphatic heterocycles. The van der Waals surface area contributed by atoms with Crippen molar-refractivity contribution in [3.05, 3.63) is 136 Å². The molecule has 8 nitrogen and oxygen atoms in total. The van der Waals surface area contributed by atoms with Crippen molar-refractivity contribution in [2.24, 2.45) is 25.7 Å². The predicted molar refractivity (Wildman–Crippen MR) is 149 cm³/mol. The fourth-order valence-electron chi connectivity index (χ4n) is 3.61. The van der Waals surface area contributed by atoms with E-state index in [2.05, 4.69) is 20.5 Å². The average molecular weight is 501 g/mol. The van der Waals surface area contributed by atoms with Crippen LogP contribution in [0.3, 0.4) is 0 Å². The van der Waals surface area contributed by atoms with Gasteiger partial charge in [-0.25, -0.2) is 0 Å². The van der Waals surface area contributed by atoms with E-state index >= 15 is 0 Å². The third kappa shape index (κ3) is 5.87. The molecule has 4 aromatic carbocycles. The molecule has 0 aliphatic carbocycles. The van der Waals surface area contributed by atoms with Gasteiger partial charge in [-0.15, -0.1) is 30.7 Å². The molecule has 0 amide bonds. The Morgan fingerprint density at radius 1 is 0.605 bits per heavy atom. The summed E-state index contributed by atoms with van der Waals surface area (Å²) in [6.45, 7) is 8.15. The molecule has 0 saturated carbocycles. The molecular formula is C30H28N8. The van der Waals surface area contributed by atoms with Gasteiger partial charge in [0.1, 0.15) is 5.69 Å². The number of aryl methyl sites for hydroxylation is 4. The second-order valence-corrected chi connectivity index (χ2v) is 9.18. The smallest absolute Gasteiger partial charge is 0.150 e. The summed E-state index contributed by atoms with van der Waals surface area (Å²) < 4.78 is 0. The summed E-state index contributed by atoms with van der Waals surface area (Å²) in [6, 6.07) is 31.6. The third-order valence-corrected chi connectivity index (χ3v) is 5.90. The van der Waals surface area contributed by atoms with Gasteiger partial charge in [0.05, 0.1) is 11.4 Å². The molecule has 188 valence electrons. The summed E-state index contributed by atoms with van der Waals surface area (Å²) in [4.78, 5) is 1.57. The van der Waals surface area contributed by atoms with E-state index in [0.717, 1.165) is 33.6 Å². The van der Waals surface area contributed by atoms with Crippen LogP contribution in [0.15, 0.2) is 134 Å². The van der Waals surface area contributed by atoms with Crippen LogP contribution >= 0.6 is 0 Å². The predicted octanol–water partition coefficient (Wildman–Crippen LogP) is 9.43. The summed E-state index contributed by atoms with van der Waals surface area (Å²) >= 11 is 0. The Balaban J connectivity index is 1.61. The van der Waals surface area contributed by atoms with E-state index in [1.807, 2.05) is 125 Å². The first-order chi connectivity index (χ1) is 18.4. The Bertz CT molecular complexity index is 1470. The maximum Gasteiger partial charge on any atom is 0.250 e. The maximum atomic E-state index is 4.79. The highest BCUT2D eigenvalue weighted by molar-refractivity contribution is 5.55. The van der Waals surface area contributed by atoms with Gasteiger partial charge in [0.2, 0.25) is 11.6 Å². The van der Waals surface area contributed by atoms with Crippen LogP contribution in [-0.4, -0.2) is 4.81 Å². The highest BCUT2D eigenvalue weighted by Crippen LogP contribution is 2.36. The van der Waals surface area contributed by atoms with Crippen LogP contribution in [-0.2, 0) is 0 Å². The molecule has 1 aliphatic rings. The Morgan fingerprint density at radius 3 is 1.50 bits per heavy atom. The van der Waals surface area contributed by atoms with E-state index in [1.165, 1.54) is 0 Å². The van der Waals surface area contributed by atoms with Gasteiger partial charge in [0, 0.05) is 0 Å². The van der Waals surface area contributed by atoms with E-state index in [1.54, 1.807) is 9.82 Å². The zero-order chi connectivity index (χ0) is 26.5. The summed E-state index contributed by atoms with van der Waals surface area (Å²) in [5.41, 5.74) is 12.4. The van der Waals surface area contributed by atoms with E-state index in [4.69, 9.17) is 10.6 Å². The molecule has 5 rings (SSSR count). The highest BCUT2D eigenvalue weighted by Gasteiger charge is 2.30. The van der Waals surface area contributed by atoms with Crippen molar-refractivity contribution in [2.75, 3.05) is 5.01 Å². The summed E-state index contributed by atoms with van der Waals surface area (Å²) in [7, 11) is 0. The number of anilines is 1. The summed E-state index contributed by atoms with van der Waals surface area (Å²) in [6.07, 6.45) is 0. The molecule has 0 fully saturated rings. The van der Waals surface area contributed by atoms with Crippen molar-refractivity contribution in [2.45, 2.75) is 27.7 Å². The molecular weight excluding hydrogens is 472 g/mol. The fraction of sp³-hybridized carbons (Fsp3) is 0.133. The molecule has 0 bridgehead atoms. The molecule has 4 aromatic rings. The number of azo groups is 2. The Kier molecular flexibility index (Phi) is 7.13. The van der Waals surface area contributed by atoms with Crippen LogP contribution in [0, 0.1) is 27.7 Å². The highest BCUT2D eigenvalue weighted by atomic mass is 15.8. The molecule has 0 saturated heterocycles. The Morgan fingerprint density at radius 2 is 1.03 bits per heavy atom. The zero-order valence-electron chi connectivity index (χ0n) is 21.8. The minimum absolute atomic E-state index is 0.227. The molecule has 0 atom stereocenters. The minimum atomic E-state index is 0.227. The van der Waals surface area contributed by atoms with Gasteiger partial charge in [-0.2, -0.15) is 5.01 Å². The van der Waals surface area contributed by atoms with Gasteiger partial charge in [0.25, 0.3) is 0 Å². The van der Waals surface area contributed by atoms with Gasteiger partial charge < -0.3 is 0 Å². The zero-order valence-corrected chi connectivity index (χ0v) is 21.8. The largest absolute Gasteiger partial charge is 0.250 e. The van der Waals surface area contributed by atoms with Crippen molar-refractivity contribution in [3.8, 4) is 0 Å². The van der Waals surface area contributed by atoms with Gasteiger partial charge >= 0.3 is 0 Å². The van der Waals surface area contributed by atoms with Crippen molar-refractivity contribution in [1.82, 2.24) is 0 Å². The number of rotatable bonds is 6. The van der Waals surface area contributed by atoms with Crippen LogP contribution < -0.4 is 5.01 Å². The second kappa shape index (κ2) is 11.0. The quantitative estimate of drug-likeness (QED) is 0.192. The van der Waals surface area contributed by atoms with Crippen LogP contribution in [0.25, 0.3) is 5.43 Å². The molecule has 38 heavy (non-hydrogen) atoms. The third-order valence-electron chi connectivity index (χ3n) is 5.90. The van der Waals surface area contributed by atoms with Crippen LogP contribution in [0.5, 0.6) is 0 Å². The van der Waals surface area contributed by atoms with Crippen molar-refractivity contribution in [3.63, 3.8) is 0 Å². The lowest BCUT2D eigenvalue weighted by Gasteiger charge is -2.10. The van der Waals surface area contributed by atoms with Gasteiger partial charge in [-0.3, -0.25) is 0 Å². The maximum absolute atomic E-state index is 4.79. The Labute approximate surface area is 222 Å². The molecule has 0 aromatic heterocycles. The van der Waals surface area contributed by atoms with Crippen molar-refractivity contribution >= 4 is 22.7 Å². The van der Waals surface area contributed by atoms with E-state index in [0.29, 0.717) is 17.2 Å². The van der Waals surface area contributed by atoms with Gasteiger partial charge in [-0.1, -0.05) is 70.8 Å². The number of nitrogens with zero attached hydrogens (tertiary/aromatic N) is 8. The molecule has 8 heteroatoms. The minimum Gasteiger partial charge on any atom is -0.150 e. The van der Waals surface area contributed by atoms with Crippen LogP contribution in [0.2, 0.25) is 0 Å². The average Bonchev–Trinajstić information content (AvgIpc) is 3.37. The molecule has 0 N–H and O–H groups in total. The second-order valence-electron chi connectivity index (χ2n) is 9.18. The topological polar surface area (TPSA) is 82.1 Å². The lowest BCUT2D eigenvalue weighted by Crippen LogP contribution is -2.11. The first-order valence-electron chi connectivity index (χ1n) is 12.3. The lowest BCUT2D eigenvalue weighted by molar-refractivity contribution is -0.448. The lowest BCUT2D eigenvalue weighted by atomic mass is 10.2. The first-order valence-corrected chi connectivity index (χ1v) is 12.3. The molecule has 0 radical (unpaired) electrons. The van der Waals surface area contributed by atoms with Crippen LogP contribution in [0.4, 0.5) is 22.7 Å². The first kappa shape index (κ1) is 24.7. The monoisotopic (exact) mass is 500 g/mol. The number of hydrogen-bond acceptors (Lipinski definition) is 6. The van der Waals surface area contributed by atoms with Crippen molar-refractivity contribution < 1.29 is 4.81 Å². The van der Waals surface area contributed by atoms with Crippen LogP contribution in [0.1, 0.15) is 22.3 Å². The van der Waals surface area contributed by atoms with E-state index in [-0.39, 0.29) is 5.82 Å². The fourth-order valence-corrected chi connectivity index (χ4v) is 3.61. The molecule has 0 spiro atoms. The number of hydrogen-bond donors (Lipinski definition) is 0. The summed E-state index contributed by atoms with van der Waals surface area (Å²) in [5.74, 6) is 0.631. The molecule has 0 unspecified atom stereocenters. The Hall–Kier alpha value is -4.98.